The van der Waals surface area contributed by atoms with E-state index in [9.17, 15) is 9.59 Å². The fourth-order valence-electron chi connectivity index (χ4n) is 2.02. The molecule has 4 heteroatoms. The number of Topliss-reactive ketones (excluding diaryl/α,β-unsaturated/α-hetero) is 1. The van der Waals surface area contributed by atoms with Gasteiger partial charge in [-0.2, -0.15) is 0 Å². The number of hydrogen-bond donors (Lipinski definition) is 0. The van der Waals surface area contributed by atoms with Gasteiger partial charge < -0.3 is 4.90 Å². The van der Waals surface area contributed by atoms with Crippen molar-refractivity contribution in [3.05, 3.63) is 34.4 Å². The summed E-state index contributed by atoms with van der Waals surface area (Å²) in [6.07, 6.45) is 0. The highest BCUT2D eigenvalue weighted by molar-refractivity contribution is 5.99. The summed E-state index contributed by atoms with van der Waals surface area (Å²) in [7, 11) is 5.21. The Hall–Kier alpha value is -1.68. The molecule has 20 heavy (non-hydrogen) atoms. The molecule has 0 atom stereocenters. The molecule has 0 radical (unpaired) electrons. The van der Waals surface area contributed by atoms with Gasteiger partial charge in [-0.15, -0.1) is 0 Å². The van der Waals surface area contributed by atoms with Crippen molar-refractivity contribution in [1.82, 2.24) is 9.80 Å². The van der Waals surface area contributed by atoms with Crippen molar-refractivity contribution in [2.75, 3.05) is 34.2 Å². The Labute approximate surface area is 121 Å². The number of nitrogens with zero attached hydrogens (tertiary/aromatic N) is 2. The molecule has 0 aliphatic heterocycles. The normalized spacial score (nSPS) is 10.8. The minimum atomic E-state index is -0.00268. The number of amides is 1. The monoisotopic (exact) mass is 276 g/mol. The van der Waals surface area contributed by atoms with Crippen molar-refractivity contribution >= 4 is 11.7 Å². The van der Waals surface area contributed by atoms with Gasteiger partial charge in [-0.05, 0) is 50.6 Å². The molecule has 0 fully saturated rings. The van der Waals surface area contributed by atoms with Gasteiger partial charge in [-0.25, -0.2) is 0 Å². The first-order valence-corrected chi connectivity index (χ1v) is 6.72. The van der Waals surface area contributed by atoms with Gasteiger partial charge in [0.1, 0.15) is 0 Å². The van der Waals surface area contributed by atoms with Crippen LogP contribution in [0.1, 0.15) is 27.0 Å². The molecule has 0 spiro atoms. The molecule has 0 aromatic heterocycles. The van der Waals surface area contributed by atoms with E-state index in [1.165, 1.54) is 10.5 Å². The number of likely N-dealkylation sites (N-methyl/N-ethyl adjacent to an activating group) is 2. The molecule has 0 saturated heterocycles. The fourth-order valence-corrected chi connectivity index (χ4v) is 2.02. The lowest BCUT2D eigenvalue weighted by Gasteiger charge is -2.19. The van der Waals surface area contributed by atoms with E-state index in [0.717, 1.165) is 16.7 Å². The summed E-state index contributed by atoms with van der Waals surface area (Å²) in [6, 6.07) is 3.97. The minimum absolute atomic E-state index is 0.00268. The molecule has 1 aromatic rings. The van der Waals surface area contributed by atoms with E-state index < -0.39 is 0 Å². The van der Waals surface area contributed by atoms with Crippen LogP contribution in [0.2, 0.25) is 0 Å². The molecule has 0 saturated carbocycles. The van der Waals surface area contributed by atoms with E-state index in [0.29, 0.717) is 0 Å². The number of ketones is 1. The number of carbonyl (C=O) groups excluding carboxylic acids is 2. The second-order valence-corrected chi connectivity index (χ2v) is 5.64. The third kappa shape index (κ3) is 4.17. The molecule has 0 bridgehead atoms. The summed E-state index contributed by atoms with van der Waals surface area (Å²) in [6.45, 7) is 6.50. The Balaban J connectivity index is 2.77. The SMILES string of the molecule is Cc1cc(C)c(C(=O)CN(C)CC(=O)N(C)C)cc1C. The number of aryl methyl sites for hydroxylation is 3. The second kappa shape index (κ2) is 6.66. The summed E-state index contributed by atoms with van der Waals surface area (Å²) in [5, 5.41) is 0. The molecule has 110 valence electrons. The van der Waals surface area contributed by atoms with Crippen LogP contribution in [-0.4, -0.2) is 55.7 Å². The highest BCUT2D eigenvalue weighted by atomic mass is 16.2. The van der Waals surface area contributed by atoms with E-state index in [1.54, 1.807) is 26.0 Å². The average molecular weight is 276 g/mol. The van der Waals surface area contributed by atoms with Crippen molar-refractivity contribution in [2.24, 2.45) is 0 Å². The van der Waals surface area contributed by atoms with Crippen molar-refractivity contribution in [2.45, 2.75) is 20.8 Å². The Bertz CT molecular complexity index is 521. The number of benzene rings is 1. The number of rotatable bonds is 5. The molecule has 0 heterocycles. The average Bonchev–Trinajstić information content (AvgIpc) is 2.33. The summed E-state index contributed by atoms with van der Waals surface area (Å²) in [4.78, 5) is 27.2. The van der Waals surface area contributed by atoms with Gasteiger partial charge in [0.2, 0.25) is 5.91 Å². The third-order valence-electron chi connectivity index (χ3n) is 3.46. The van der Waals surface area contributed by atoms with Crippen LogP contribution in [0.5, 0.6) is 0 Å². The van der Waals surface area contributed by atoms with Crippen LogP contribution >= 0.6 is 0 Å². The van der Waals surface area contributed by atoms with Gasteiger partial charge in [0.15, 0.2) is 5.78 Å². The van der Waals surface area contributed by atoms with Gasteiger partial charge in [-0.3, -0.25) is 14.5 Å². The predicted molar refractivity (Wildman–Crippen MR) is 81.2 cm³/mol. The quantitative estimate of drug-likeness (QED) is 0.770. The Morgan fingerprint density at radius 3 is 2.00 bits per heavy atom. The summed E-state index contributed by atoms with van der Waals surface area (Å²) < 4.78 is 0. The topological polar surface area (TPSA) is 40.6 Å². The van der Waals surface area contributed by atoms with Gasteiger partial charge in [0.25, 0.3) is 0 Å². The van der Waals surface area contributed by atoms with Crippen LogP contribution in [0.3, 0.4) is 0 Å². The molecule has 1 rings (SSSR count). The summed E-state index contributed by atoms with van der Waals surface area (Å²) in [5.74, 6) is 0.0526. The van der Waals surface area contributed by atoms with Crippen molar-refractivity contribution in [3.63, 3.8) is 0 Å². The van der Waals surface area contributed by atoms with Crippen LogP contribution in [0.4, 0.5) is 0 Å². The standard InChI is InChI=1S/C16H24N2O2/c1-11-7-13(3)14(8-12(11)2)15(19)9-18(6)10-16(20)17(4)5/h7-8H,9-10H2,1-6H3. The number of carbonyl (C=O) groups is 2. The van der Waals surface area contributed by atoms with Gasteiger partial charge in [0, 0.05) is 19.7 Å². The molecular weight excluding hydrogens is 252 g/mol. The highest BCUT2D eigenvalue weighted by Crippen LogP contribution is 2.16. The van der Waals surface area contributed by atoms with Crippen LogP contribution < -0.4 is 0 Å². The van der Waals surface area contributed by atoms with Crippen LogP contribution in [0, 0.1) is 20.8 Å². The fraction of sp³-hybridized carbons (Fsp3) is 0.500. The number of hydrogen-bond acceptors (Lipinski definition) is 3. The van der Waals surface area contributed by atoms with Crippen LogP contribution in [-0.2, 0) is 4.79 Å². The smallest absolute Gasteiger partial charge is 0.236 e. The Morgan fingerprint density at radius 1 is 0.900 bits per heavy atom. The van der Waals surface area contributed by atoms with E-state index in [1.807, 2.05) is 32.9 Å². The van der Waals surface area contributed by atoms with Crippen LogP contribution in [0.25, 0.3) is 0 Å². The molecular formula is C16H24N2O2. The zero-order valence-corrected chi connectivity index (χ0v) is 13.3. The maximum absolute atomic E-state index is 12.3. The molecule has 1 aromatic carbocycles. The first-order valence-electron chi connectivity index (χ1n) is 6.72. The minimum Gasteiger partial charge on any atom is -0.348 e. The highest BCUT2D eigenvalue weighted by Gasteiger charge is 2.15. The van der Waals surface area contributed by atoms with E-state index in [4.69, 9.17) is 0 Å². The van der Waals surface area contributed by atoms with Crippen molar-refractivity contribution in [3.8, 4) is 0 Å². The van der Waals surface area contributed by atoms with E-state index in [-0.39, 0.29) is 24.8 Å². The maximum Gasteiger partial charge on any atom is 0.236 e. The van der Waals surface area contributed by atoms with E-state index in [2.05, 4.69) is 0 Å². The molecule has 0 unspecified atom stereocenters. The molecule has 0 aliphatic rings. The molecule has 1 amide bonds. The van der Waals surface area contributed by atoms with Crippen LogP contribution in [0.15, 0.2) is 12.1 Å². The molecule has 4 nitrogen and oxygen atoms in total. The zero-order valence-electron chi connectivity index (χ0n) is 13.3. The lowest BCUT2D eigenvalue weighted by molar-refractivity contribution is -0.129. The molecule has 0 aliphatic carbocycles. The van der Waals surface area contributed by atoms with Crippen molar-refractivity contribution < 1.29 is 9.59 Å². The lowest BCUT2D eigenvalue weighted by atomic mass is 9.98. The van der Waals surface area contributed by atoms with E-state index >= 15 is 0 Å². The second-order valence-electron chi connectivity index (χ2n) is 5.64. The predicted octanol–water partition coefficient (Wildman–Crippen LogP) is 1.81. The zero-order chi connectivity index (χ0) is 15.4. The van der Waals surface area contributed by atoms with Gasteiger partial charge in [-0.1, -0.05) is 6.07 Å². The Morgan fingerprint density at radius 2 is 1.45 bits per heavy atom. The third-order valence-corrected chi connectivity index (χ3v) is 3.46. The largest absolute Gasteiger partial charge is 0.348 e. The summed E-state index contributed by atoms with van der Waals surface area (Å²) >= 11 is 0. The molecule has 0 N–H and O–H groups in total. The first kappa shape index (κ1) is 16.4. The Kier molecular flexibility index (Phi) is 5.45. The maximum atomic E-state index is 12.3. The lowest BCUT2D eigenvalue weighted by Crippen LogP contribution is -2.37. The first-order chi connectivity index (χ1) is 9.22. The van der Waals surface area contributed by atoms with Gasteiger partial charge in [0.05, 0.1) is 13.1 Å². The summed E-state index contributed by atoms with van der Waals surface area (Å²) in [5.41, 5.74) is 4.05. The van der Waals surface area contributed by atoms with Gasteiger partial charge >= 0.3 is 0 Å². The van der Waals surface area contributed by atoms with Crippen molar-refractivity contribution in [1.29, 1.82) is 0 Å².